The third-order valence-electron chi connectivity index (χ3n) is 4.69. The molecular weight excluding hydrogens is 389 g/mol. The number of nitrogens with zero attached hydrogens (tertiary/aromatic N) is 2. The van der Waals surface area contributed by atoms with Crippen molar-refractivity contribution >= 4 is 10.9 Å². The van der Waals surface area contributed by atoms with Gasteiger partial charge in [0.05, 0.1) is 16.6 Å². The molecule has 3 aromatic carbocycles. The van der Waals surface area contributed by atoms with Crippen LogP contribution in [0.5, 0.6) is 5.75 Å². The summed E-state index contributed by atoms with van der Waals surface area (Å²) in [5.41, 5.74) is 1.16. The van der Waals surface area contributed by atoms with Gasteiger partial charge in [0.2, 0.25) is 0 Å². The zero-order valence-corrected chi connectivity index (χ0v) is 15.6. The lowest BCUT2D eigenvalue weighted by atomic mass is 9.95. The molecule has 0 amide bonds. The second-order valence-electron chi connectivity index (χ2n) is 6.66. The molecule has 0 saturated heterocycles. The van der Waals surface area contributed by atoms with Gasteiger partial charge in [-0.25, -0.2) is 0 Å². The van der Waals surface area contributed by atoms with Gasteiger partial charge in [-0.15, -0.1) is 0 Å². The fourth-order valence-electron chi connectivity index (χ4n) is 3.33. The van der Waals surface area contributed by atoms with Crippen LogP contribution in [0.1, 0.15) is 16.7 Å². The van der Waals surface area contributed by atoms with E-state index < -0.39 is 11.7 Å². The molecule has 1 heterocycles. The number of nitriles is 1. The summed E-state index contributed by atoms with van der Waals surface area (Å²) in [4.78, 5) is 3.93. The fourth-order valence-corrected chi connectivity index (χ4v) is 3.33. The van der Waals surface area contributed by atoms with Crippen LogP contribution in [0, 0.1) is 11.3 Å². The van der Waals surface area contributed by atoms with Crippen LogP contribution in [-0.4, -0.2) is 4.98 Å². The van der Waals surface area contributed by atoms with Crippen molar-refractivity contribution in [2.75, 3.05) is 0 Å². The lowest BCUT2D eigenvalue weighted by Crippen LogP contribution is -2.07. The molecule has 0 N–H and O–H groups in total. The van der Waals surface area contributed by atoms with Crippen molar-refractivity contribution in [1.29, 1.82) is 5.26 Å². The van der Waals surface area contributed by atoms with E-state index in [-0.39, 0.29) is 16.5 Å². The van der Waals surface area contributed by atoms with E-state index in [2.05, 4.69) is 4.98 Å². The minimum absolute atomic E-state index is 0.186. The summed E-state index contributed by atoms with van der Waals surface area (Å²) < 4.78 is 46.1. The smallest absolute Gasteiger partial charge is 0.418 e. The SMILES string of the molecule is N#Cc1cnc2c(C(F)(F)F)cccc2c1-c1cccc(OCc2ccccc2)c1. The van der Waals surface area contributed by atoms with Crippen molar-refractivity contribution in [1.82, 2.24) is 4.98 Å². The van der Waals surface area contributed by atoms with Crippen LogP contribution < -0.4 is 4.74 Å². The van der Waals surface area contributed by atoms with E-state index in [4.69, 9.17) is 4.74 Å². The Kier molecular flexibility index (Phi) is 5.11. The lowest BCUT2D eigenvalue weighted by molar-refractivity contribution is -0.136. The first-order valence-corrected chi connectivity index (χ1v) is 9.13. The zero-order valence-electron chi connectivity index (χ0n) is 15.6. The second kappa shape index (κ2) is 7.88. The van der Waals surface area contributed by atoms with Crippen molar-refractivity contribution in [2.45, 2.75) is 12.8 Å². The molecule has 0 bridgehead atoms. The molecule has 148 valence electrons. The highest BCUT2D eigenvalue weighted by Gasteiger charge is 2.33. The van der Waals surface area contributed by atoms with Gasteiger partial charge < -0.3 is 4.74 Å². The minimum atomic E-state index is -4.54. The number of para-hydroxylation sites is 1. The van der Waals surface area contributed by atoms with Crippen LogP contribution in [0.2, 0.25) is 0 Å². The van der Waals surface area contributed by atoms with E-state index in [0.29, 0.717) is 23.5 Å². The van der Waals surface area contributed by atoms with Crippen LogP contribution in [0.4, 0.5) is 13.2 Å². The molecule has 3 nitrogen and oxygen atoms in total. The van der Waals surface area contributed by atoms with Gasteiger partial charge in [0, 0.05) is 17.1 Å². The van der Waals surface area contributed by atoms with Gasteiger partial charge in [-0.3, -0.25) is 4.98 Å². The van der Waals surface area contributed by atoms with E-state index in [9.17, 15) is 18.4 Å². The van der Waals surface area contributed by atoms with Crippen molar-refractivity contribution in [3.63, 3.8) is 0 Å². The van der Waals surface area contributed by atoms with Crippen molar-refractivity contribution in [3.05, 3.63) is 95.7 Å². The third-order valence-corrected chi connectivity index (χ3v) is 4.69. The minimum Gasteiger partial charge on any atom is -0.489 e. The number of aromatic nitrogens is 1. The molecule has 0 atom stereocenters. The summed E-state index contributed by atoms with van der Waals surface area (Å²) in [5, 5.41) is 9.81. The molecule has 1 aromatic heterocycles. The maximum atomic E-state index is 13.4. The van der Waals surface area contributed by atoms with Gasteiger partial charge in [0.15, 0.2) is 0 Å². The Hall–Kier alpha value is -3.85. The summed E-state index contributed by atoms with van der Waals surface area (Å²) in [5.74, 6) is 0.553. The van der Waals surface area contributed by atoms with Crippen LogP contribution in [0.3, 0.4) is 0 Å². The molecule has 0 aliphatic heterocycles. The topological polar surface area (TPSA) is 45.9 Å². The molecule has 0 unspecified atom stereocenters. The standard InChI is InChI=1S/C24H15F3N2O/c25-24(26,27)21-11-5-10-20-22(18(13-28)14-29-23(20)21)17-8-4-9-19(12-17)30-15-16-6-2-1-3-7-16/h1-12,14H,15H2. The van der Waals surface area contributed by atoms with Gasteiger partial charge in [0.1, 0.15) is 18.4 Å². The molecule has 0 fully saturated rings. The average Bonchev–Trinajstić information content (AvgIpc) is 2.76. The van der Waals surface area contributed by atoms with Crippen molar-refractivity contribution < 1.29 is 17.9 Å². The number of alkyl halides is 3. The van der Waals surface area contributed by atoms with Crippen LogP contribution in [-0.2, 0) is 12.8 Å². The van der Waals surface area contributed by atoms with Crippen LogP contribution in [0.15, 0.2) is 79.0 Å². The maximum absolute atomic E-state index is 13.4. The molecule has 4 rings (SSSR count). The van der Waals surface area contributed by atoms with Gasteiger partial charge in [-0.05, 0) is 29.3 Å². The first-order valence-electron chi connectivity index (χ1n) is 9.13. The molecule has 0 radical (unpaired) electrons. The summed E-state index contributed by atoms with van der Waals surface area (Å²) in [6.07, 6.45) is -3.36. The number of hydrogen-bond acceptors (Lipinski definition) is 3. The second-order valence-corrected chi connectivity index (χ2v) is 6.66. The first kappa shape index (κ1) is 19.5. The predicted molar refractivity (Wildman–Crippen MR) is 108 cm³/mol. The zero-order chi connectivity index (χ0) is 21.1. The number of pyridine rings is 1. The number of hydrogen-bond donors (Lipinski definition) is 0. The monoisotopic (exact) mass is 404 g/mol. The van der Waals surface area contributed by atoms with Gasteiger partial charge in [-0.1, -0.05) is 54.6 Å². The maximum Gasteiger partial charge on any atom is 0.418 e. The Morgan fingerprint density at radius 3 is 2.43 bits per heavy atom. The van der Waals surface area contributed by atoms with E-state index in [1.165, 1.54) is 12.3 Å². The van der Waals surface area contributed by atoms with Gasteiger partial charge in [-0.2, -0.15) is 18.4 Å². The van der Waals surface area contributed by atoms with Gasteiger partial charge >= 0.3 is 6.18 Å². The quantitative estimate of drug-likeness (QED) is 0.397. The summed E-state index contributed by atoms with van der Waals surface area (Å²) in [6.45, 7) is 0.352. The average molecular weight is 404 g/mol. The fraction of sp³-hybridized carbons (Fsp3) is 0.0833. The highest BCUT2D eigenvalue weighted by Crippen LogP contribution is 2.38. The van der Waals surface area contributed by atoms with E-state index >= 15 is 0 Å². The molecule has 0 spiro atoms. The molecule has 0 aliphatic rings. The summed E-state index contributed by atoms with van der Waals surface area (Å²) >= 11 is 0. The molecular formula is C24H15F3N2O. The van der Waals surface area contributed by atoms with Crippen molar-refractivity contribution in [3.8, 4) is 22.9 Å². The van der Waals surface area contributed by atoms with E-state index in [1.807, 2.05) is 36.4 Å². The molecule has 4 aromatic rings. The van der Waals surface area contributed by atoms with E-state index in [0.717, 1.165) is 11.6 Å². The number of benzene rings is 3. The van der Waals surface area contributed by atoms with Gasteiger partial charge in [0.25, 0.3) is 0 Å². The first-order chi connectivity index (χ1) is 14.5. The predicted octanol–water partition coefficient (Wildman–Crippen LogP) is 6.37. The molecule has 6 heteroatoms. The molecule has 0 saturated carbocycles. The normalized spacial score (nSPS) is 11.3. The Morgan fingerprint density at radius 1 is 0.933 bits per heavy atom. The van der Waals surface area contributed by atoms with E-state index in [1.54, 1.807) is 30.3 Å². The molecule has 0 aliphatic carbocycles. The number of rotatable bonds is 4. The third kappa shape index (κ3) is 3.83. The Balaban J connectivity index is 1.80. The Bertz CT molecular complexity index is 1250. The Morgan fingerprint density at radius 2 is 1.70 bits per heavy atom. The highest BCUT2D eigenvalue weighted by molar-refractivity contribution is 5.98. The lowest BCUT2D eigenvalue weighted by Gasteiger charge is -2.14. The molecule has 30 heavy (non-hydrogen) atoms. The number of ether oxygens (including phenoxy) is 1. The summed E-state index contributed by atoms with van der Waals surface area (Å²) in [6, 6.07) is 22.5. The van der Waals surface area contributed by atoms with Crippen LogP contribution >= 0.6 is 0 Å². The van der Waals surface area contributed by atoms with Crippen LogP contribution in [0.25, 0.3) is 22.0 Å². The number of halogens is 3. The Labute approximate surface area is 171 Å². The highest BCUT2D eigenvalue weighted by atomic mass is 19.4. The number of fused-ring (bicyclic) bond motifs is 1. The van der Waals surface area contributed by atoms with Crippen molar-refractivity contribution in [2.24, 2.45) is 0 Å². The largest absolute Gasteiger partial charge is 0.489 e. The summed E-state index contributed by atoms with van der Waals surface area (Å²) in [7, 11) is 0.